The minimum atomic E-state index is 0.111. The Balaban J connectivity index is 1.44. The molecule has 1 aliphatic heterocycles. The van der Waals surface area contributed by atoms with Gasteiger partial charge in [-0.3, -0.25) is 4.79 Å². The highest BCUT2D eigenvalue weighted by molar-refractivity contribution is 5.76. The van der Waals surface area contributed by atoms with Crippen LogP contribution < -0.4 is 24.8 Å². The van der Waals surface area contributed by atoms with E-state index in [4.69, 9.17) is 4.74 Å². The average molecular weight is 398 g/mol. The minimum Gasteiger partial charge on any atom is -0.492 e. The Morgan fingerprint density at radius 3 is 2.45 bits per heavy atom. The van der Waals surface area contributed by atoms with Gasteiger partial charge in [0.25, 0.3) is 5.91 Å². The molecule has 0 aliphatic carbocycles. The van der Waals surface area contributed by atoms with Crippen LogP contribution in [0.3, 0.4) is 0 Å². The van der Waals surface area contributed by atoms with Crippen molar-refractivity contribution in [2.45, 2.75) is 13.5 Å². The topological polar surface area (TPSA) is 49.3 Å². The first-order valence-corrected chi connectivity index (χ1v) is 10.4. The molecule has 156 valence electrons. The number of hydrogen-bond donors (Lipinski definition) is 2. The summed E-state index contributed by atoms with van der Waals surface area (Å²) in [6, 6.07) is 16.5. The van der Waals surface area contributed by atoms with E-state index in [2.05, 4.69) is 51.5 Å². The van der Waals surface area contributed by atoms with Crippen molar-refractivity contribution in [1.82, 2.24) is 5.32 Å². The number of carbonyl (C=O) groups excluding carboxylic acids is 1. The second kappa shape index (κ2) is 10.2. The van der Waals surface area contributed by atoms with Crippen molar-refractivity contribution in [3.63, 3.8) is 0 Å². The third kappa shape index (κ3) is 5.87. The van der Waals surface area contributed by atoms with Crippen molar-refractivity contribution in [2.24, 2.45) is 0 Å². The number of benzene rings is 2. The summed E-state index contributed by atoms with van der Waals surface area (Å²) in [6.45, 7) is 7.53. The zero-order valence-corrected chi connectivity index (χ0v) is 17.8. The molecule has 2 aromatic rings. The van der Waals surface area contributed by atoms with Crippen LogP contribution in [0.25, 0.3) is 0 Å². The van der Waals surface area contributed by atoms with Crippen LogP contribution in [0.1, 0.15) is 12.5 Å². The monoisotopic (exact) mass is 397 g/mol. The number of nitrogens with one attached hydrogen (secondary N) is 2. The van der Waals surface area contributed by atoms with E-state index in [9.17, 15) is 4.79 Å². The standard InChI is InChI=1S/C23H32N4O2/c1-4-29-22-8-6-5-7-21(22)27-15-13-26(14-16-27)18-23(28)24-17-19-9-11-20(12-10-19)25(2)3/h5-12H,4,13-18H2,1-3H3,(H,24,28)/p+1. The Kier molecular flexibility index (Phi) is 7.36. The molecule has 1 saturated heterocycles. The first kappa shape index (κ1) is 21.0. The van der Waals surface area contributed by atoms with Gasteiger partial charge in [0.15, 0.2) is 6.54 Å². The number of carbonyl (C=O) groups is 1. The molecule has 0 bridgehead atoms. The second-order valence-corrected chi connectivity index (χ2v) is 7.65. The van der Waals surface area contributed by atoms with Crippen LogP contribution in [-0.2, 0) is 11.3 Å². The van der Waals surface area contributed by atoms with Gasteiger partial charge in [-0.2, -0.15) is 0 Å². The van der Waals surface area contributed by atoms with Gasteiger partial charge < -0.3 is 24.8 Å². The Labute approximate surface area is 174 Å². The van der Waals surface area contributed by atoms with Gasteiger partial charge in [0.2, 0.25) is 0 Å². The predicted octanol–water partition coefficient (Wildman–Crippen LogP) is 1.17. The number of piperazine rings is 1. The molecule has 29 heavy (non-hydrogen) atoms. The van der Waals surface area contributed by atoms with E-state index in [1.54, 1.807) is 0 Å². The third-order valence-electron chi connectivity index (χ3n) is 5.33. The lowest BCUT2D eigenvalue weighted by atomic mass is 10.2. The number of hydrogen-bond acceptors (Lipinski definition) is 4. The molecular weight excluding hydrogens is 364 g/mol. The predicted molar refractivity (Wildman–Crippen MR) is 118 cm³/mol. The molecule has 0 saturated carbocycles. The summed E-state index contributed by atoms with van der Waals surface area (Å²) < 4.78 is 5.76. The Hall–Kier alpha value is -2.73. The van der Waals surface area contributed by atoms with Crippen molar-refractivity contribution in [3.05, 3.63) is 54.1 Å². The fourth-order valence-corrected chi connectivity index (χ4v) is 3.64. The van der Waals surface area contributed by atoms with Gasteiger partial charge in [-0.25, -0.2) is 0 Å². The molecule has 2 aromatic carbocycles. The molecule has 6 nitrogen and oxygen atoms in total. The molecule has 0 atom stereocenters. The highest BCUT2D eigenvalue weighted by Crippen LogP contribution is 2.27. The smallest absolute Gasteiger partial charge is 0.275 e. The maximum absolute atomic E-state index is 12.4. The number of para-hydroxylation sites is 2. The van der Waals surface area contributed by atoms with Crippen LogP contribution in [0.15, 0.2) is 48.5 Å². The van der Waals surface area contributed by atoms with Crippen molar-refractivity contribution in [1.29, 1.82) is 0 Å². The van der Waals surface area contributed by atoms with E-state index < -0.39 is 0 Å². The van der Waals surface area contributed by atoms with Gasteiger partial charge >= 0.3 is 0 Å². The lowest BCUT2D eigenvalue weighted by Crippen LogP contribution is -3.15. The van der Waals surface area contributed by atoms with Gasteiger partial charge in [-0.05, 0) is 36.8 Å². The SMILES string of the molecule is CCOc1ccccc1N1CC[NH+](CC(=O)NCc2ccc(N(C)C)cc2)CC1. The van der Waals surface area contributed by atoms with Crippen molar-refractivity contribution < 1.29 is 14.4 Å². The van der Waals surface area contributed by atoms with E-state index in [0.29, 0.717) is 19.7 Å². The Morgan fingerprint density at radius 2 is 1.79 bits per heavy atom. The molecule has 6 heteroatoms. The van der Waals surface area contributed by atoms with Gasteiger partial charge in [0.05, 0.1) is 38.5 Å². The van der Waals surface area contributed by atoms with Gasteiger partial charge in [0, 0.05) is 26.3 Å². The number of anilines is 2. The normalized spacial score (nSPS) is 14.5. The van der Waals surface area contributed by atoms with E-state index in [0.717, 1.165) is 48.9 Å². The number of rotatable bonds is 8. The van der Waals surface area contributed by atoms with Crippen LogP contribution in [0.4, 0.5) is 11.4 Å². The highest BCUT2D eigenvalue weighted by atomic mass is 16.5. The van der Waals surface area contributed by atoms with Crippen LogP contribution in [0.5, 0.6) is 5.75 Å². The van der Waals surface area contributed by atoms with Crippen LogP contribution >= 0.6 is 0 Å². The third-order valence-corrected chi connectivity index (χ3v) is 5.33. The summed E-state index contributed by atoms with van der Waals surface area (Å²) in [5.74, 6) is 1.05. The Morgan fingerprint density at radius 1 is 1.10 bits per heavy atom. The zero-order valence-electron chi connectivity index (χ0n) is 17.8. The summed E-state index contributed by atoms with van der Waals surface area (Å²) in [6.07, 6.45) is 0. The lowest BCUT2D eigenvalue weighted by Gasteiger charge is -2.34. The summed E-state index contributed by atoms with van der Waals surface area (Å²) in [5.41, 5.74) is 3.43. The fraction of sp³-hybridized carbons (Fsp3) is 0.435. The first-order valence-electron chi connectivity index (χ1n) is 10.4. The van der Waals surface area contributed by atoms with E-state index in [-0.39, 0.29) is 5.91 Å². The minimum absolute atomic E-state index is 0.111. The molecule has 3 rings (SSSR count). The van der Waals surface area contributed by atoms with Crippen molar-refractivity contribution >= 4 is 17.3 Å². The van der Waals surface area contributed by atoms with Gasteiger partial charge in [-0.1, -0.05) is 24.3 Å². The van der Waals surface area contributed by atoms with Crippen LogP contribution in [0.2, 0.25) is 0 Å². The summed E-state index contributed by atoms with van der Waals surface area (Å²) in [7, 11) is 4.05. The maximum atomic E-state index is 12.4. The maximum Gasteiger partial charge on any atom is 0.275 e. The molecule has 0 spiro atoms. The highest BCUT2D eigenvalue weighted by Gasteiger charge is 2.23. The van der Waals surface area contributed by atoms with Gasteiger partial charge in [-0.15, -0.1) is 0 Å². The largest absolute Gasteiger partial charge is 0.492 e. The molecule has 2 N–H and O–H groups in total. The molecule has 0 aromatic heterocycles. The van der Waals surface area contributed by atoms with Crippen molar-refractivity contribution in [3.8, 4) is 5.75 Å². The number of ether oxygens (including phenoxy) is 1. The number of quaternary nitrogens is 1. The first-order chi connectivity index (χ1) is 14.1. The fourth-order valence-electron chi connectivity index (χ4n) is 3.64. The number of nitrogens with zero attached hydrogens (tertiary/aromatic N) is 2. The molecule has 0 radical (unpaired) electrons. The molecule has 1 aliphatic rings. The van der Waals surface area contributed by atoms with Crippen LogP contribution in [-0.4, -0.2) is 59.3 Å². The zero-order chi connectivity index (χ0) is 20.6. The second-order valence-electron chi connectivity index (χ2n) is 7.65. The molecule has 1 fully saturated rings. The molecular formula is C23H33N4O2+. The summed E-state index contributed by atoms with van der Waals surface area (Å²) in [4.78, 5) is 18.1. The Bertz CT molecular complexity index is 784. The van der Waals surface area contributed by atoms with E-state index in [1.807, 2.05) is 33.2 Å². The quantitative estimate of drug-likeness (QED) is 0.702. The van der Waals surface area contributed by atoms with Gasteiger partial charge in [0.1, 0.15) is 5.75 Å². The van der Waals surface area contributed by atoms with E-state index >= 15 is 0 Å². The van der Waals surface area contributed by atoms with Crippen molar-refractivity contribution in [2.75, 3.05) is 63.2 Å². The molecule has 1 amide bonds. The van der Waals surface area contributed by atoms with Crippen LogP contribution in [0, 0.1) is 0 Å². The van der Waals surface area contributed by atoms with E-state index in [1.165, 1.54) is 4.90 Å². The molecule has 0 unspecified atom stereocenters. The summed E-state index contributed by atoms with van der Waals surface area (Å²) in [5, 5.41) is 3.06. The lowest BCUT2D eigenvalue weighted by molar-refractivity contribution is -0.892. The average Bonchev–Trinajstić information content (AvgIpc) is 2.74. The number of amides is 1. The molecule has 1 heterocycles. The summed E-state index contributed by atoms with van der Waals surface area (Å²) >= 11 is 0.